The smallest absolute Gasteiger partial charge is 0.270 e. The number of nitro groups is 1. The molecule has 184 valence electrons. The van der Waals surface area contributed by atoms with Gasteiger partial charge in [0.25, 0.3) is 5.69 Å². The van der Waals surface area contributed by atoms with Gasteiger partial charge in [0.15, 0.2) is 5.78 Å². The number of non-ortho nitro benzene ring substituents is 1. The van der Waals surface area contributed by atoms with Crippen LogP contribution in [0.2, 0.25) is 10.0 Å². The van der Waals surface area contributed by atoms with Gasteiger partial charge >= 0.3 is 0 Å². The van der Waals surface area contributed by atoms with Gasteiger partial charge < -0.3 is 4.90 Å². The highest BCUT2D eigenvalue weighted by atomic mass is 35.5. The summed E-state index contributed by atoms with van der Waals surface area (Å²) < 4.78 is 0. The molecular formula is C27H17Cl2N3O5. The highest BCUT2D eigenvalue weighted by molar-refractivity contribution is 6.38. The summed E-state index contributed by atoms with van der Waals surface area (Å²) in [6, 6.07) is 15.8. The molecule has 3 heterocycles. The number of anilines is 1. The monoisotopic (exact) mass is 533 g/mol. The molecule has 0 aliphatic carbocycles. The van der Waals surface area contributed by atoms with Crippen LogP contribution in [-0.2, 0) is 9.59 Å². The zero-order valence-corrected chi connectivity index (χ0v) is 20.5. The largest absolute Gasteiger partial charge is 0.358 e. The fraction of sp³-hybridized carbons (Fsp3) is 0.148. The molecular weight excluding hydrogens is 517 g/mol. The van der Waals surface area contributed by atoms with Gasteiger partial charge in [0.1, 0.15) is 6.04 Å². The van der Waals surface area contributed by atoms with E-state index >= 15 is 0 Å². The number of imide groups is 1. The molecule has 2 saturated heterocycles. The second-order valence-electron chi connectivity index (χ2n) is 9.11. The van der Waals surface area contributed by atoms with E-state index in [-0.39, 0.29) is 22.0 Å². The zero-order chi connectivity index (χ0) is 26.0. The van der Waals surface area contributed by atoms with Gasteiger partial charge in [-0.2, -0.15) is 0 Å². The number of rotatable bonds is 4. The van der Waals surface area contributed by atoms with Crippen LogP contribution in [0.1, 0.15) is 27.5 Å². The molecule has 3 aliphatic rings. The highest BCUT2D eigenvalue weighted by Gasteiger charge is 2.64. The lowest BCUT2D eigenvalue weighted by Gasteiger charge is -2.35. The SMILES string of the molecule is O=C(c1cccc([N+](=O)[O-])c1)C1C2C(=O)N(c3ccc(Cl)cc3Cl)C(=O)C2C2c3ccccc3C=CN12. The first-order valence-corrected chi connectivity index (χ1v) is 12.2. The lowest BCUT2D eigenvalue weighted by Crippen LogP contribution is -2.44. The Balaban J connectivity index is 1.50. The first kappa shape index (κ1) is 23.4. The van der Waals surface area contributed by atoms with E-state index < -0.39 is 46.4 Å². The summed E-state index contributed by atoms with van der Waals surface area (Å²) in [5.74, 6) is -3.38. The Bertz CT molecular complexity index is 1550. The van der Waals surface area contributed by atoms with Crippen molar-refractivity contribution in [3.8, 4) is 0 Å². The molecule has 3 aliphatic heterocycles. The van der Waals surface area contributed by atoms with Crippen LogP contribution in [0, 0.1) is 22.0 Å². The number of amides is 2. The maximum absolute atomic E-state index is 13.9. The minimum atomic E-state index is -1.05. The number of benzene rings is 3. The van der Waals surface area contributed by atoms with E-state index in [1.807, 2.05) is 30.3 Å². The number of ketones is 1. The first-order chi connectivity index (χ1) is 17.8. The van der Waals surface area contributed by atoms with Gasteiger partial charge in [-0.1, -0.05) is 59.6 Å². The molecule has 8 nitrogen and oxygen atoms in total. The lowest BCUT2D eigenvalue weighted by molar-refractivity contribution is -0.384. The molecule has 4 atom stereocenters. The van der Waals surface area contributed by atoms with Crippen LogP contribution < -0.4 is 4.90 Å². The Kier molecular flexibility index (Phi) is 5.40. The van der Waals surface area contributed by atoms with Crippen LogP contribution >= 0.6 is 23.2 Å². The average Bonchev–Trinajstić information content (AvgIpc) is 3.36. The Hall–Kier alpha value is -4.01. The summed E-state index contributed by atoms with van der Waals surface area (Å²) in [4.78, 5) is 55.3. The molecule has 3 aromatic carbocycles. The summed E-state index contributed by atoms with van der Waals surface area (Å²) in [5.41, 5.74) is 1.76. The van der Waals surface area contributed by atoms with Crippen molar-refractivity contribution in [1.29, 1.82) is 0 Å². The normalized spacial score (nSPS) is 23.6. The number of Topliss-reactive ketones (excluding diaryl/α,β-unsaturated/α-hetero) is 1. The number of nitro benzene ring substituents is 1. The quantitative estimate of drug-likeness (QED) is 0.195. The van der Waals surface area contributed by atoms with Crippen LogP contribution in [0.5, 0.6) is 0 Å². The van der Waals surface area contributed by atoms with Crippen molar-refractivity contribution in [3.05, 3.63) is 110 Å². The van der Waals surface area contributed by atoms with E-state index in [2.05, 4.69) is 0 Å². The molecule has 0 saturated carbocycles. The maximum Gasteiger partial charge on any atom is 0.270 e. The summed E-state index contributed by atoms with van der Waals surface area (Å²) in [6.07, 6.45) is 3.56. The zero-order valence-electron chi connectivity index (χ0n) is 19.0. The third-order valence-corrected chi connectivity index (χ3v) is 7.76. The Morgan fingerprint density at radius 2 is 1.68 bits per heavy atom. The second-order valence-corrected chi connectivity index (χ2v) is 9.96. The van der Waals surface area contributed by atoms with E-state index in [1.165, 1.54) is 42.5 Å². The summed E-state index contributed by atoms with van der Waals surface area (Å²) in [5, 5.41) is 11.8. The van der Waals surface area contributed by atoms with E-state index in [0.717, 1.165) is 16.0 Å². The third kappa shape index (κ3) is 3.48. The van der Waals surface area contributed by atoms with E-state index in [4.69, 9.17) is 23.2 Å². The van der Waals surface area contributed by atoms with Crippen LogP contribution in [0.15, 0.2) is 72.9 Å². The predicted molar refractivity (Wildman–Crippen MR) is 137 cm³/mol. The highest BCUT2D eigenvalue weighted by Crippen LogP contribution is 2.54. The van der Waals surface area contributed by atoms with Gasteiger partial charge in [0, 0.05) is 28.9 Å². The summed E-state index contributed by atoms with van der Waals surface area (Å²) >= 11 is 12.4. The van der Waals surface area contributed by atoms with E-state index in [9.17, 15) is 24.5 Å². The third-order valence-electron chi connectivity index (χ3n) is 7.22. The molecule has 0 bridgehead atoms. The Labute approximate surface area is 220 Å². The van der Waals surface area contributed by atoms with E-state index in [1.54, 1.807) is 11.1 Å². The lowest BCUT2D eigenvalue weighted by atomic mass is 9.83. The number of fused-ring (bicyclic) bond motifs is 5. The number of carbonyl (C=O) groups is 3. The summed E-state index contributed by atoms with van der Waals surface area (Å²) in [7, 11) is 0. The molecule has 2 fully saturated rings. The summed E-state index contributed by atoms with van der Waals surface area (Å²) in [6.45, 7) is 0. The van der Waals surface area contributed by atoms with Crippen molar-refractivity contribution < 1.29 is 19.3 Å². The molecule has 0 aromatic heterocycles. The number of halogens is 2. The fourth-order valence-corrected chi connectivity index (χ4v) is 6.19. The molecule has 6 rings (SSSR count). The van der Waals surface area contributed by atoms with Crippen molar-refractivity contribution in [2.75, 3.05) is 4.90 Å². The van der Waals surface area contributed by atoms with Crippen LogP contribution in [0.4, 0.5) is 11.4 Å². The van der Waals surface area contributed by atoms with Gasteiger partial charge in [0.05, 0.1) is 33.5 Å². The standard InChI is InChI=1S/C27H17Cl2N3O5/c28-16-8-9-20(19(29)13-16)31-26(34)21-22(27(31)35)24(25(33)15-5-3-6-17(12-15)32(36)37)30-11-10-14-4-1-2-7-18(14)23(21)30/h1-13,21-24H. The Morgan fingerprint density at radius 1 is 0.919 bits per heavy atom. The van der Waals surface area contributed by atoms with E-state index in [0.29, 0.717) is 5.02 Å². The maximum atomic E-state index is 13.9. The van der Waals surface area contributed by atoms with Crippen LogP contribution in [-0.4, -0.2) is 33.5 Å². The van der Waals surface area contributed by atoms with Gasteiger partial charge in [0.2, 0.25) is 11.8 Å². The van der Waals surface area contributed by atoms with Gasteiger partial charge in [-0.15, -0.1) is 0 Å². The number of carbonyl (C=O) groups excluding carboxylic acids is 3. The molecule has 0 N–H and O–H groups in total. The Morgan fingerprint density at radius 3 is 2.43 bits per heavy atom. The fourth-order valence-electron chi connectivity index (χ4n) is 5.70. The van der Waals surface area contributed by atoms with Gasteiger partial charge in [-0.3, -0.25) is 24.5 Å². The van der Waals surface area contributed by atoms with Crippen molar-refractivity contribution >= 4 is 58.3 Å². The van der Waals surface area contributed by atoms with Crippen molar-refractivity contribution in [2.45, 2.75) is 12.1 Å². The molecule has 37 heavy (non-hydrogen) atoms. The average molecular weight is 534 g/mol. The number of hydrogen-bond donors (Lipinski definition) is 0. The minimum absolute atomic E-state index is 0.0917. The molecule has 10 heteroatoms. The number of nitrogens with zero attached hydrogens (tertiary/aromatic N) is 3. The van der Waals surface area contributed by atoms with Gasteiger partial charge in [-0.05, 0) is 35.4 Å². The van der Waals surface area contributed by atoms with Crippen LogP contribution in [0.3, 0.4) is 0 Å². The molecule has 3 aromatic rings. The van der Waals surface area contributed by atoms with Crippen LogP contribution in [0.25, 0.3) is 6.08 Å². The number of hydrogen-bond acceptors (Lipinski definition) is 6. The van der Waals surface area contributed by atoms with Crippen molar-refractivity contribution in [1.82, 2.24) is 4.90 Å². The molecule has 0 spiro atoms. The molecule has 4 unspecified atom stereocenters. The predicted octanol–water partition coefficient (Wildman–Crippen LogP) is 5.30. The first-order valence-electron chi connectivity index (χ1n) is 11.4. The topological polar surface area (TPSA) is 101 Å². The van der Waals surface area contributed by atoms with Crippen molar-refractivity contribution in [2.24, 2.45) is 11.8 Å². The second kappa shape index (κ2) is 8.54. The minimum Gasteiger partial charge on any atom is -0.358 e. The van der Waals surface area contributed by atoms with Crippen molar-refractivity contribution in [3.63, 3.8) is 0 Å². The molecule has 0 radical (unpaired) electrons. The van der Waals surface area contributed by atoms with Gasteiger partial charge in [-0.25, -0.2) is 4.90 Å². The molecule has 2 amide bonds.